The van der Waals surface area contributed by atoms with Gasteiger partial charge in [0.05, 0.1) is 19.3 Å². The zero-order chi connectivity index (χ0) is 14.7. The average Bonchev–Trinajstić information content (AvgIpc) is 2.55. The van der Waals surface area contributed by atoms with Crippen molar-refractivity contribution >= 4 is 16.6 Å². The highest BCUT2D eigenvalue weighted by molar-refractivity contribution is 5.88. The zero-order valence-corrected chi connectivity index (χ0v) is 12.3. The van der Waals surface area contributed by atoms with Crippen LogP contribution >= 0.6 is 0 Å². The van der Waals surface area contributed by atoms with Crippen molar-refractivity contribution in [3.8, 4) is 0 Å². The van der Waals surface area contributed by atoms with Crippen LogP contribution < -0.4 is 5.32 Å². The fraction of sp³-hybridized carbons (Fsp3) is 0.389. The van der Waals surface area contributed by atoms with E-state index in [9.17, 15) is 4.79 Å². The van der Waals surface area contributed by atoms with Crippen LogP contribution in [0.3, 0.4) is 0 Å². The van der Waals surface area contributed by atoms with E-state index in [4.69, 9.17) is 4.74 Å². The number of fused-ring (bicyclic) bond motifs is 1. The molecule has 21 heavy (non-hydrogen) atoms. The number of ketones is 1. The molecule has 3 heteroatoms. The van der Waals surface area contributed by atoms with Crippen molar-refractivity contribution in [2.24, 2.45) is 0 Å². The molecule has 0 amide bonds. The molecule has 1 unspecified atom stereocenters. The van der Waals surface area contributed by atoms with E-state index in [1.807, 2.05) is 6.07 Å². The Kier molecular flexibility index (Phi) is 4.32. The standard InChI is InChI=1S/C18H21NO2/c1-13(11-18(20)17-12-21-10-9-19-17)15-8-4-6-14-5-2-3-7-16(14)15/h2-8,13,17,19H,9-12H2,1H3/t13-,17?/m0/s1. The Morgan fingerprint density at radius 1 is 1.29 bits per heavy atom. The predicted molar refractivity (Wildman–Crippen MR) is 84.6 cm³/mol. The highest BCUT2D eigenvalue weighted by Gasteiger charge is 2.23. The Balaban J connectivity index is 1.77. The van der Waals surface area contributed by atoms with Crippen molar-refractivity contribution in [1.29, 1.82) is 0 Å². The molecule has 1 aliphatic heterocycles. The number of carbonyl (C=O) groups excluding carboxylic acids is 1. The number of hydrogen-bond donors (Lipinski definition) is 1. The lowest BCUT2D eigenvalue weighted by molar-refractivity contribution is -0.124. The van der Waals surface area contributed by atoms with Gasteiger partial charge in [0.15, 0.2) is 5.78 Å². The Labute approximate surface area is 125 Å². The average molecular weight is 283 g/mol. The van der Waals surface area contributed by atoms with Crippen molar-refractivity contribution in [2.75, 3.05) is 19.8 Å². The smallest absolute Gasteiger partial charge is 0.152 e. The van der Waals surface area contributed by atoms with Gasteiger partial charge in [0.25, 0.3) is 0 Å². The third-order valence-corrected chi connectivity index (χ3v) is 4.17. The normalized spacial score (nSPS) is 20.3. The maximum absolute atomic E-state index is 12.4. The minimum atomic E-state index is -0.142. The fourth-order valence-electron chi connectivity index (χ4n) is 3.01. The fourth-order valence-corrected chi connectivity index (χ4v) is 3.01. The zero-order valence-electron chi connectivity index (χ0n) is 12.3. The number of nitrogens with one attached hydrogen (secondary N) is 1. The summed E-state index contributed by atoms with van der Waals surface area (Å²) in [5, 5.41) is 5.71. The summed E-state index contributed by atoms with van der Waals surface area (Å²) in [6.07, 6.45) is 0.551. The minimum Gasteiger partial charge on any atom is -0.378 e. The molecule has 110 valence electrons. The molecule has 1 N–H and O–H groups in total. The second-order valence-corrected chi connectivity index (χ2v) is 5.72. The summed E-state index contributed by atoms with van der Waals surface area (Å²) in [7, 11) is 0. The van der Waals surface area contributed by atoms with Gasteiger partial charge < -0.3 is 10.1 Å². The second kappa shape index (κ2) is 6.37. The first-order valence-electron chi connectivity index (χ1n) is 7.57. The van der Waals surface area contributed by atoms with Gasteiger partial charge in [-0.15, -0.1) is 0 Å². The van der Waals surface area contributed by atoms with Gasteiger partial charge in [-0.25, -0.2) is 0 Å². The highest BCUT2D eigenvalue weighted by atomic mass is 16.5. The molecule has 0 saturated carbocycles. The molecule has 2 aromatic rings. The Morgan fingerprint density at radius 2 is 2.10 bits per heavy atom. The lowest BCUT2D eigenvalue weighted by Gasteiger charge is -2.24. The predicted octanol–water partition coefficient (Wildman–Crippen LogP) is 2.89. The molecule has 1 fully saturated rings. The number of morpholine rings is 1. The molecule has 1 saturated heterocycles. The molecule has 3 rings (SSSR count). The summed E-state index contributed by atoms with van der Waals surface area (Å²) < 4.78 is 5.38. The van der Waals surface area contributed by atoms with E-state index >= 15 is 0 Å². The van der Waals surface area contributed by atoms with Crippen LogP contribution in [0.25, 0.3) is 10.8 Å². The van der Waals surface area contributed by atoms with Crippen molar-refractivity contribution in [3.63, 3.8) is 0 Å². The van der Waals surface area contributed by atoms with Crippen LogP contribution in [0.2, 0.25) is 0 Å². The number of carbonyl (C=O) groups is 1. The molecule has 0 radical (unpaired) electrons. The largest absolute Gasteiger partial charge is 0.378 e. The van der Waals surface area contributed by atoms with Crippen LogP contribution in [0.4, 0.5) is 0 Å². The van der Waals surface area contributed by atoms with Crippen LogP contribution in [0, 0.1) is 0 Å². The van der Waals surface area contributed by atoms with E-state index in [2.05, 4.69) is 48.6 Å². The Hall–Kier alpha value is -1.71. The minimum absolute atomic E-state index is 0.142. The van der Waals surface area contributed by atoms with Crippen LogP contribution in [-0.4, -0.2) is 31.6 Å². The maximum atomic E-state index is 12.4. The SMILES string of the molecule is C[C@@H](CC(=O)C1COCCN1)c1cccc2ccccc12. The van der Waals surface area contributed by atoms with Gasteiger partial charge >= 0.3 is 0 Å². The molecule has 3 nitrogen and oxygen atoms in total. The lowest BCUT2D eigenvalue weighted by Crippen LogP contribution is -2.46. The molecular formula is C18H21NO2. The van der Waals surface area contributed by atoms with Crippen molar-refractivity contribution < 1.29 is 9.53 Å². The third kappa shape index (κ3) is 3.14. The van der Waals surface area contributed by atoms with Gasteiger partial charge in [-0.05, 0) is 22.3 Å². The van der Waals surface area contributed by atoms with Crippen LogP contribution in [0.15, 0.2) is 42.5 Å². The Bertz CT molecular complexity index is 627. The molecule has 2 atom stereocenters. The first-order valence-corrected chi connectivity index (χ1v) is 7.57. The topological polar surface area (TPSA) is 38.3 Å². The summed E-state index contributed by atoms with van der Waals surface area (Å²) in [6.45, 7) is 4.09. The number of benzene rings is 2. The third-order valence-electron chi connectivity index (χ3n) is 4.17. The molecule has 0 aliphatic carbocycles. The van der Waals surface area contributed by atoms with Gasteiger partial charge in [0.2, 0.25) is 0 Å². The van der Waals surface area contributed by atoms with E-state index in [-0.39, 0.29) is 17.7 Å². The van der Waals surface area contributed by atoms with E-state index < -0.39 is 0 Å². The monoisotopic (exact) mass is 283 g/mol. The van der Waals surface area contributed by atoms with Gasteiger partial charge in [0, 0.05) is 13.0 Å². The highest BCUT2D eigenvalue weighted by Crippen LogP contribution is 2.28. The van der Waals surface area contributed by atoms with Crippen LogP contribution in [0.1, 0.15) is 24.8 Å². The number of rotatable bonds is 4. The number of Topliss-reactive ketones (excluding diaryl/α,β-unsaturated/α-hetero) is 1. The van der Waals surface area contributed by atoms with E-state index in [1.54, 1.807) is 0 Å². The molecular weight excluding hydrogens is 262 g/mol. The second-order valence-electron chi connectivity index (χ2n) is 5.72. The van der Waals surface area contributed by atoms with Gasteiger partial charge in [-0.1, -0.05) is 49.4 Å². The molecule has 1 aliphatic rings. The molecule has 1 heterocycles. The van der Waals surface area contributed by atoms with Crippen LogP contribution in [-0.2, 0) is 9.53 Å². The van der Waals surface area contributed by atoms with E-state index in [0.29, 0.717) is 19.6 Å². The number of hydrogen-bond acceptors (Lipinski definition) is 3. The molecule has 0 bridgehead atoms. The Morgan fingerprint density at radius 3 is 2.90 bits per heavy atom. The van der Waals surface area contributed by atoms with E-state index in [1.165, 1.54) is 16.3 Å². The van der Waals surface area contributed by atoms with Crippen molar-refractivity contribution in [2.45, 2.75) is 25.3 Å². The summed E-state index contributed by atoms with van der Waals surface area (Å²) in [6, 6.07) is 14.5. The van der Waals surface area contributed by atoms with Gasteiger partial charge in [-0.3, -0.25) is 4.79 Å². The van der Waals surface area contributed by atoms with Crippen LogP contribution in [0.5, 0.6) is 0 Å². The summed E-state index contributed by atoms with van der Waals surface area (Å²) in [5.41, 5.74) is 1.25. The summed E-state index contributed by atoms with van der Waals surface area (Å²) >= 11 is 0. The maximum Gasteiger partial charge on any atom is 0.152 e. The summed E-state index contributed by atoms with van der Waals surface area (Å²) in [5.74, 6) is 0.461. The molecule has 0 spiro atoms. The van der Waals surface area contributed by atoms with Crippen molar-refractivity contribution in [1.82, 2.24) is 5.32 Å². The lowest BCUT2D eigenvalue weighted by atomic mass is 9.89. The van der Waals surface area contributed by atoms with Gasteiger partial charge in [-0.2, -0.15) is 0 Å². The summed E-state index contributed by atoms with van der Waals surface area (Å²) in [4.78, 5) is 12.4. The number of ether oxygens (including phenoxy) is 1. The van der Waals surface area contributed by atoms with Gasteiger partial charge in [0.1, 0.15) is 0 Å². The molecule has 0 aromatic heterocycles. The van der Waals surface area contributed by atoms with E-state index in [0.717, 1.165) is 6.54 Å². The first-order chi connectivity index (χ1) is 10.3. The quantitative estimate of drug-likeness (QED) is 0.937. The van der Waals surface area contributed by atoms with Crippen molar-refractivity contribution in [3.05, 3.63) is 48.0 Å². The molecule has 2 aromatic carbocycles. The first kappa shape index (κ1) is 14.2.